The molecule has 2 heterocycles. The highest BCUT2D eigenvalue weighted by Gasteiger charge is 2.31. The standard InChI is InChI=1S/C27H29FN6/c28-24-13-7-12-23(17-24)26(27-30-31-32-34(27)25-14-5-2-6-15-25)33(19-21-9-3-1-4-10-21)20-22-11-8-16-29-18-22/h1,3-4,7-13,16-18,25-26H,2,5-6,14-15,19-20H2. The van der Waals surface area contributed by atoms with Crippen LogP contribution >= 0.6 is 0 Å². The SMILES string of the molecule is Fc1cccc(C(c2nnnn2C2CCCCC2)N(Cc2ccccc2)Cc2cccnc2)c1. The second kappa shape index (κ2) is 10.7. The van der Waals surface area contributed by atoms with Crippen LogP contribution < -0.4 is 0 Å². The molecule has 1 fully saturated rings. The summed E-state index contributed by atoms with van der Waals surface area (Å²) in [5.41, 5.74) is 3.09. The van der Waals surface area contributed by atoms with E-state index in [0.29, 0.717) is 13.1 Å². The van der Waals surface area contributed by atoms with Crippen LogP contribution in [0.15, 0.2) is 79.1 Å². The first-order valence-corrected chi connectivity index (χ1v) is 12.0. The van der Waals surface area contributed by atoms with Crippen LogP contribution in [0.1, 0.15) is 66.7 Å². The van der Waals surface area contributed by atoms with Gasteiger partial charge in [-0.3, -0.25) is 9.88 Å². The number of aromatic nitrogens is 5. The minimum atomic E-state index is -0.312. The predicted octanol–water partition coefficient (Wildman–Crippen LogP) is 5.50. The highest BCUT2D eigenvalue weighted by atomic mass is 19.1. The van der Waals surface area contributed by atoms with Gasteiger partial charge in [-0.2, -0.15) is 0 Å². The molecule has 0 spiro atoms. The number of hydrogen-bond acceptors (Lipinski definition) is 5. The van der Waals surface area contributed by atoms with Gasteiger partial charge in [-0.1, -0.05) is 67.8 Å². The van der Waals surface area contributed by atoms with Gasteiger partial charge in [0.25, 0.3) is 0 Å². The summed E-state index contributed by atoms with van der Waals surface area (Å²) in [4.78, 5) is 6.62. The summed E-state index contributed by atoms with van der Waals surface area (Å²) in [6, 6.07) is 21.1. The van der Waals surface area contributed by atoms with Gasteiger partial charge >= 0.3 is 0 Å². The van der Waals surface area contributed by atoms with E-state index < -0.39 is 0 Å². The fraction of sp³-hybridized carbons (Fsp3) is 0.333. The molecule has 0 saturated heterocycles. The predicted molar refractivity (Wildman–Crippen MR) is 128 cm³/mol. The monoisotopic (exact) mass is 456 g/mol. The van der Waals surface area contributed by atoms with E-state index in [1.807, 2.05) is 41.2 Å². The zero-order valence-corrected chi connectivity index (χ0v) is 19.2. The summed E-state index contributed by atoms with van der Waals surface area (Å²) in [7, 11) is 0. The van der Waals surface area contributed by atoms with E-state index >= 15 is 0 Å². The van der Waals surface area contributed by atoms with Gasteiger partial charge in [0.15, 0.2) is 5.82 Å². The van der Waals surface area contributed by atoms with Crippen molar-refractivity contribution in [2.75, 3.05) is 0 Å². The van der Waals surface area contributed by atoms with E-state index in [9.17, 15) is 4.39 Å². The zero-order chi connectivity index (χ0) is 23.2. The van der Waals surface area contributed by atoms with Crippen LogP contribution in [0.4, 0.5) is 4.39 Å². The average Bonchev–Trinajstić information content (AvgIpc) is 3.35. The van der Waals surface area contributed by atoms with E-state index in [1.54, 1.807) is 18.3 Å². The Morgan fingerprint density at radius 3 is 2.47 bits per heavy atom. The second-order valence-electron chi connectivity index (χ2n) is 8.98. The van der Waals surface area contributed by atoms with Crippen molar-refractivity contribution in [1.29, 1.82) is 0 Å². The topological polar surface area (TPSA) is 59.7 Å². The molecule has 1 unspecified atom stereocenters. The highest BCUT2D eigenvalue weighted by molar-refractivity contribution is 5.27. The number of halogens is 1. The molecular formula is C27H29FN6. The molecule has 0 radical (unpaired) electrons. The number of rotatable bonds is 8. The van der Waals surface area contributed by atoms with Crippen LogP contribution in [0.3, 0.4) is 0 Å². The van der Waals surface area contributed by atoms with Crippen molar-refractivity contribution in [3.8, 4) is 0 Å². The van der Waals surface area contributed by atoms with Crippen LogP contribution in [0.25, 0.3) is 0 Å². The van der Waals surface area contributed by atoms with Gasteiger partial charge < -0.3 is 0 Å². The summed E-state index contributed by atoms with van der Waals surface area (Å²) >= 11 is 0. The molecule has 7 heteroatoms. The Hall–Kier alpha value is -3.45. The number of benzene rings is 2. The van der Waals surface area contributed by atoms with E-state index in [0.717, 1.165) is 29.8 Å². The number of nitrogens with zero attached hydrogens (tertiary/aromatic N) is 6. The highest BCUT2D eigenvalue weighted by Crippen LogP contribution is 2.35. The molecule has 1 saturated carbocycles. The van der Waals surface area contributed by atoms with E-state index in [-0.39, 0.29) is 17.9 Å². The van der Waals surface area contributed by atoms with Gasteiger partial charge in [0.05, 0.1) is 12.1 Å². The summed E-state index contributed by atoms with van der Waals surface area (Å²) in [6.07, 6.45) is 9.40. The molecule has 1 aliphatic rings. The van der Waals surface area contributed by atoms with E-state index in [2.05, 4.69) is 43.6 Å². The maximum absolute atomic E-state index is 14.5. The fourth-order valence-electron chi connectivity index (χ4n) is 4.95. The lowest BCUT2D eigenvalue weighted by atomic mass is 9.95. The number of pyridine rings is 1. The van der Waals surface area contributed by atoms with Crippen LogP contribution in [-0.2, 0) is 13.1 Å². The van der Waals surface area contributed by atoms with Crippen molar-refractivity contribution in [3.05, 3.63) is 107 Å². The van der Waals surface area contributed by atoms with Crippen LogP contribution in [0, 0.1) is 5.82 Å². The summed E-state index contributed by atoms with van der Waals surface area (Å²) in [5, 5.41) is 13.0. The maximum atomic E-state index is 14.5. The molecular weight excluding hydrogens is 427 g/mol. The molecule has 5 rings (SSSR count). The lowest BCUT2D eigenvalue weighted by Gasteiger charge is -2.33. The van der Waals surface area contributed by atoms with Gasteiger partial charge in [-0.05, 0) is 58.2 Å². The molecule has 1 atom stereocenters. The van der Waals surface area contributed by atoms with Crippen molar-refractivity contribution in [1.82, 2.24) is 30.1 Å². The van der Waals surface area contributed by atoms with Gasteiger partial charge in [0, 0.05) is 25.5 Å². The lowest BCUT2D eigenvalue weighted by Crippen LogP contribution is -2.32. The molecule has 6 nitrogen and oxygen atoms in total. The minimum absolute atomic E-state index is 0.264. The molecule has 4 aromatic rings. The molecule has 2 aromatic carbocycles. The molecule has 34 heavy (non-hydrogen) atoms. The number of tetrazole rings is 1. The Morgan fingerprint density at radius 1 is 0.912 bits per heavy atom. The van der Waals surface area contributed by atoms with Crippen molar-refractivity contribution in [3.63, 3.8) is 0 Å². The Morgan fingerprint density at radius 2 is 1.71 bits per heavy atom. The largest absolute Gasteiger partial charge is 0.281 e. The number of hydrogen-bond donors (Lipinski definition) is 0. The van der Waals surface area contributed by atoms with Crippen LogP contribution in [-0.4, -0.2) is 30.1 Å². The zero-order valence-electron chi connectivity index (χ0n) is 19.2. The molecule has 0 amide bonds. The van der Waals surface area contributed by atoms with Crippen LogP contribution in [0.5, 0.6) is 0 Å². The van der Waals surface area contributed by atoms with E-state index in [4.69, 9.17) is 0 Å². The third-order valence-electron chi connectivity index (χ3n) is 6.55. The van der Waals surface area contributed by atoms with Crippen molar-refractivity contribution in [2.24, 2.45) is 0 Å². The first-order chi connectivity index (χ1) is 16.8. The van der Waals surface area contributed by atoms with E-state index in [1.165, 1.54) is 30.9 Å². The third-order valence-corrected chi connectivity index (χ3v) is 6.55. The summed E-state index contributed by atoms with van der Waals surface area (Å²) in [6.45, 7) is 1.29. The van der Waals surface area contributed by atoms with Crippen molar-refractivity contribution >= 4 is 0 Å². The summed E-state index contributed by atoms with van der Waals surface area (Å²) < 4.78 is 16.5. The fourth-order valence-corrected chi connectivity index (χ4v) is 4.95. The minimum Gasteiger partial charge on any atom is -0.281 e. The maximum Gasteiger partial charge on any atom is 0.173 e. The van der Waals surface area contributed by atoms with Gasteiger partial charge in [-0.15, -0.1) is 5.10 Å². The van der Waals surface area contributed by atoms with Gasteiger partial charge in [0.2, 0.25) is 0 Å². The molecule has 0 bridgehead atoms. The Kier molecular flexibility index (Phi) is 7.00. The molecule has 174 valence electrons. The normalized spacial score (nSPS) is 15.5. The Balaban J connectivity index is 1.60. The first-order valence-electron chi connectivity index (χ1n) is 12.0. The second-order valence-corrected chi connectivity index (χ2v) is 8.98. The first kappa shape index (κ1) is 22.3. The third kappa shape index (κ3) is 5.20. The van der Waals surface area contributed by atoms with Gasteiger partial charge in [0.1, 0.15) is 5.82 Å². The van der Waals surface area contributed by atoms with Crippen molar-refractivity contribution in [2.45, 2.75) is 57.3 Å². The molecule has 1 aliphatic carbocycles. The average molecular weight is 457 g/mol. The Bertz CT molecular complexity index is 1130. The molecule has 0 aliphatic heterocycles. The van der Waals surface area contributed by atoms with Crippen LogP contribution in [0.2, 0.25) is 0 Å². The smallest absolute Gasteiger partial charge is 0.173 e. The molecule has 0 N–H and O–H groups in total. The molecule has 2 aromatic heterocycles. The Labute approximate surface area is 199 Å². The quantitative estimate of drug-likeness (QED) is 0.350. The lowest BCUT2D eigenvalue weighted by molar-refractivity contribution is 0.187. The van der Waals surface area contributed by atoms with Gasteiger partial charge in [-0.25, -0.2) is 9.07 Å². The van der Waals surface area contributed by atoms with Crippen molar-refractivity contribution < 1.29 is 4.39 Å². The summed E-state index contributed by atoms with van der Waals surface area (Å²) in [5.74, 6) is 0.498.